The summed E-state index contributed by atoms with van der Waals surface area (Å²) in [4.78, 5) is 13.4. The Morgan fingerprint density at radius 3 is 2.72 bits per heavy atom. The summed E-state index contributed by atoms with van der Waals surface area (Å²) in [5.41, 5.74) is 1.04. The van der Waals surface area contributed by atoms with Crippen LogP contribution in [0.3, 0.4) is 0 Å². The number of carbonyl (C=O) groups is 1. The number of amides is 1. The zero-order chi connectivity index (χ0) is 17.9. The van der Waals surface area contributed by atoms with Gasteiger partial charge in [0.25, 0.3) is 0 Å². The third-order valence-corrected chi connectivity index (χ3v) is 5.26. The largest absolute Gasteiger partial charge is 0.354 e. The van der Waals surface area contributed by atoms with E-state index in [1.165, 1.54) is 5.56 Å². The number of nitrogens with zero attached hydrogens (tertiary/aromatic N) is 2. The predicted molar refractivity (Wildman–Crippen MR) is 103 cm³/mol. The van der Waals surface area contributed by atoms with Crippen molar-refractivity contribution in [3.05, 3.63) is 58.2 Å². The second-order valence-corrected chi connectivity index (χ2v) is 7.78. The maximum atomic E-state index is 12.4. The van der Waals surface area contributed by atoms with Gasteiger partial charge in [0.2, 0.25) is 5.91 Å². The van der Waals surface area contributed by atoms with Crippen molar-refractivity contribution in [3.63, 3.8) is 0 Å². The van der Waals surface area contributed by atoms with Crippen LogP contribution in [0.2, 0.25) is 0 Å². The molecule has 2 heterocycles. The lowest BCUT2D eigenvalue weighted by molar-refractivity contribution is -0.121. The number of thiophene rings is 1. The molecule has 0 aliphatic carbocycles. The number of hydrogen-bond donors (Lipinski definition) is 2. The lowest BCUT2D eigenvalue weighted by atomic mass is 9.84. The van der Waals surface area contributed by atoms with Crippen molar-refractivity contribution in [3.8, 4) is 10.7 Å². The van der Waals surface area contributed by atoms with Crippen LogP contribution in [-0.4, -0.2) is 27.2 Å². The van der Waals surface area contributed by atoms with Crippen LogP contribution >= 0.6 is 23.6 Å². The maximum Gasteiger partial charge on any atom is 0.240 e. The first kappa shape index (κ1) is 17.6. The molecule has 0 aliphatic rings. The van der Waals surface area contributed by atoms with E-state index in [1.807, 2.05) is 35.7 Å². The maximum absolute atomic E-state index is 12.4. The first-order valence-electron chi connectivity index (χ1n) is 7.99. The van der Waals surface area contributed by atoms with Crippen LogP contribution in [0, 0.1) is 4.77 Å². The number of aromatic nitrogens is 3. The van der Waals surface area contributed by atoms with Crippen molar-refractivity contribution >= 4 is 29.5 Å². The minimum absolute atomic E-state index is 0.0840. The highest BCUT2D eigenvalue weighted by molar-refractivity contribution is 7.71. The Morgan fingerprint density at radius 2 is 2.04 bits per heavy atom. The van der Waals surface area contributed by atoms with Crippen molar-refractivity contribution in [1.82, 2.24) is 20.1 Å². The van der Waals surface area contributed by atoms with E-state index in [0.29, 0.717) is 17.1 Å². The standard InChI is InChI=1S/C18H20N4OS2/c1-18(2,13-7-4-3-5-8-13)12-19-15(23)11-22-16(20-21-17(22)24)14-9-6-10-25-14/h3-10H,11-12H2,1-2H3,(H,19,23)(H,21,24). The van der Waals surface area contributed by atoms with Gasteiger partial charge in [-0.05, 0) is 29.2 Å². The molecular formula is C18H20N4OS2. The minimum atomic E-state index is -0.147. The van der Waals surface area contributed by atoms with E-state index in [0.717, 1.165) is 4.88 Å². The summed E-state index contributed by atoms with van der Waals surface area (Å²) < 4.78 is 2.17. The highest BCUT2D eigenvalue weighted by atomic mass is 32.1. The van der Waals surface area contributed by atoms with Crippen LogP contribution in [0.4, 0.5) is 0 Å². The van der Waals surface area contributed by atoms with E-state index >= 15 is 0 Å². The normalized spacial score (nSPS) is 11.4. The second kappa shape index (κ2) is 7.33. The van der Waals surface area contributed by atoms with Gasteiger partial charge in [-0.15, -0.1) is 11.3 Å². The van der Waals surface area contributed by atoms with Crippen LogP contribution in [0.25, 0.3) is 10.7 Å². The molecule has 2 N–H and O–H groups in total. The van der Waals surface area contributed by atoms with Crippen LogP contribution in [0.1, 0.15) is 19.4 Å². The molecule has 5 nitrogen and oxygen atoms in total. The van der Waals surface area contributed by atoms with E-state index in [-0.39, 0.29) is 17.9 Å². The molecule has 0 unspecified atom stereocenters. The molecule has 0 saturated heterocycles. The van der Waals surface area contributed by atoms with E-state index in [1.54, 1.807) is 15.9 Å². The van der Waals surface area contributed by atoms with Gasteiger partial charge in [0.1, 0.15) is 6.54 Å². The Bertz CT molecular complexity index is 895. The van der Waals surface area contributed by atoms with Crippen molar-refractivity contribution in [2.45, 2.75) is 25.8 Å². The summed E-state index contributed by atoms with van der Waals surface area (Å²) in [5, 5.41) is 12.0. The first-order chi connectivity index (χ1) is 12.0. The lowest BCUT2D eigenvalue weighted by Crippen LogP contribution is -2.38. The predicted octanol–water partition coefficient (Wildman–Crippen LogP) is 3.76. The summed E-state index contributed by atoms with van der Waals surface area (Å²) in [6.07, 6.45) is 0. The molecule has 1 aromatic carbocycles. The second-order valence-electron chi connectivity index (χ2n) is 6.44. The summed E-state index contributed by atoms with van der Waals surface area (Å²) in [5.74, 6) is 0.608. The third kappa shape index (κ3) is 4.05. The molecule has 0 radical (unpaired) electrons. The summed E-state index contributed by atoms with van der Waals surface area (Å²) in [6, 6.07) is 14.1. The zero-order valence-electron chi connectivity index (χ0n) is 14.2. The molecule has 0 bridgehead atoms. The van der Waals surface area contributed by atoms with Gasteiger partial charge in [0.05, 0.1) is 4.88 Å². The Labute approximate surface area is 155 Å². The van der Waals surface area contributed by atoms with Gasteiger partial charge in [-0.1, -0.05) is 50.2 Å². The zero-order valence-corrected chi connectivity index (χ0v) is 15.8. The van der Waals surface area contributed by atoms with Crippen LogP contribution < -0.4 is 5.32 Å². The molecule has 3 aromatic rings. The van der Waals surface area contributed by atoms with Gasteiger partial charge in [-0.25, -0.2) is 0 Å². The smallest absolute Gasteiger partial charge is 0.240 e. The number of carbonyl (C=O) groups excluding carboxylic acids is 1. The number of nitrogens with one attached hydrogen (secondary N) is 2. The topological polar surface area (TPSA) is 62.7 Å². The average Bonchev–Trinajstić information content (AvgIpc) is 3.25. The SMILES string of the molecule is CC(C)(CNC(=O)Cn1c(-c2cccs2)n[nH]c1=S)c1ccccc1. The fourth-order valence-corrected chi connectivity index (χ4v) is 3.49. The van der Waals surface area contributed by atoms with Gasteiger partial charge in [0.15, 0.2) is 10.6 Å². The number of hydrogen-bond acceptors (Lipinski definition) is 4. The monoisotopic (exact) mass is 372 g/mol. The molecule has 2 aromatic heterocycles. The van der Waals surface area contributed by atoms with Gasteiger partial charge in [0, 0.05) is 12.0 Å². The van der Waals surface area contributed by atoms with Gasteiger partial charge >= 0.3 is 0 Å². The summed E-state index contributed by atoms with van der Waals surface area (Å²) in [6.45, 7) is 4.93. The Morgan fingerprint density at radius 1 is 1.28 bits per heavy atom. The van der Waals surface area contributed by atoms with E-state index in [9.17, 15) is 4.79 Å². The summed E-state index contributed by atoms with van der Waals surface area (Å²) >= 11 is 6.83. The molecule has 1 amide bonds. The van der Waals surface area contributed by atoms with Crippen molar-refractivity contribution in [2.24, 2.45) is 0 Å². The highest BCUT2D eigenvalue weighted by Gasteiger charge is 2.21. The quantitative estimate of drug-likeness (QED) is 0.648. The highest BCUT2D eigenvalue weighted by Crippen LogP contribution is 2.23. The molecule has 0 spiro atoms. The number of benzene rings is 1. The van der Waals surface area contributed by atoms with Crippen molar-refractivity contribution in [1.29, 1.82) is 0 Å². The summed E-state index contributed by atoms with van der Waals surface area (Å²) in [7, 11) is 0. The number of aromatic amines is 1. The Balaban J connectivity index is 1.68. The number of rotatable bonds is 6. The first-order valence-corrected chi connectivity index (χ1v) is 9.27. The minimum Gasteiger partial charge on any atom is -0.354 e. The lowest BCUT2D eigenvalue weighted by Gasteiger charge is -2.25. The molecule has 0 atom stereocenters. The van der Waals surface area contributed by atoms with E-state index in [4.69, 9.17) is 12.2 Å². The molecule has 7 heteroatoms. The third-order valence-electron chi connectivity index (χ3n) is 4.08. The molecule has 3 rings (SSSR count). The molecule has 130 valence electrons. The molecule has 0 fully saturated rings. The molecular weight excluding hydrogens is 352 g/mol. The van der Waals surface area contributed by atoms with Gasteiger partial charge in [-0.2, -0.15) is 5.10 Å². The fraction of sp³-hybridized carbons (Fsp3) is 0.278. The average molecular weight is 373 g/mol. The number of H-pyrrole nitrogens is 1. The molecule has 0 saturated carbocycles. The van der Waals surface area contributed by atoms with Crippen LogP contribution in [-0.2, 0) is 16.8 Å². The van der Waals surface area contributed by atoms with E-state index < -0.39 is 0 Å². The van der Waals surface area contributed by atoms with E-state index in [2.05, 4.69) is 41.5 Å². The fourth-order valence-electron chi connectivity index (χ4n) is 2.57. The Hall–Kier alpha value is -2.25. The van der Waals surface area contributed by atoms with Gasteiger partial charge < -0.3 is 5.32 Å². The molecule has 25 heavy (non-hydrogen) atoms. The molecule has 0 aliphatic heterocycles. The Kier molecular flexibility index (Phi) is 5.15. The van der Waals surface area contributed by atoms with Crippen LogP contribution in [0.5, 0.6) is 0 Å². The van der Waals surface area contributed by atoms with Crippen molar-refractivity contribution in [2.75, 3.05) is 6.54 Å². The van der Waals surface area contributed by atoms with Gasteiger partial charge in [-0.3, -0.25) is 14.5 Å². The van der Waals surface area contributed by atoms with Crippen molar-refractivity contribution < 1.29 is 4.79 Å². The van der Waals surface area contributed by atoms with Crippen LogP contribution in [0.15, 0.2) is 47.8 Å².